The van der Waals surface area contributed by atoms with E-state index in [-0.39, 0.29) is 24.0 Å². The molecule has 1 aliphatic rings. The van der Waals surface area contributed by atoms with E-state index in [9.17, 15) is 8.78 Å². The van der Waals surface area contributed by atoms with E-state index in [2.05, 4.69) is 26.1 Å². The Morgan fingerprint density at radius 3 is 2.30 bits per heavy atom. The van der Waals surface area contributed by atoms with Gasteiger partial charge in [0.1, 0.15) is 11.6 Å². The highest BCUT2D eigenvalue weighted by molar-refractivity contribution is 9.10. The van der Waals surface area contributed by atoms with Crippen LogP contribution in [0, 0.1) is 11.6 Å². The van der Waals surface area contributed by atoms with E-state index in [0.717, 1.165) is 39.0 Å². The number of hydrogen-bond donors (Lipinski definition) is 1. The number of hydrogen-bond acceptors (Lipinski definition) is 2. The zero-order valence-corrected chi connectivity index (χ0v) is 13.9. The number of nitrogens with zero attached hydrogens (tertiary/aromatic N) is 1. The molecule has 0 spiro atoms. The van der Waals surface area contributed by atoms with Gasteiger partial charge >= 0.3 is 0 Å². The molecule has 0 radical (unpaired) electrons. The van der Waals surface area contributed by atoms with Crippen LogP contribution < -0.4 is 5.32 Å². The first-order chi connectivity index (χ1) is 9.13. The Balaban J connectivity index is 0.00000200. The molecular weight excluding hydrogens is 350 g/mol. The van der Waals surface area contributed by atoms with Crippen LogP contribution in [-0.2, 0) is 0 Å². The van der Waals surface area contributed by atoms with Crippen molar-refractivity contribution in [2.24, 2.45) is 0 Å². The third-order valence-corrected chi connectivity index (χ3v) is 3.99. The second-order valence-corrected chi connectivity index (χ2v) is 5.79. The van der Waals surface area contributed by atoms with Gasteiger partial charge in [0.05, 0.1) is 0 Å². The molecule has 1 aliphatic heterocycles. The zero-order valence-electron chi connectivity index (χ0n) is 11.5. The van der Waals surface area contributed by atoms with Gasteiger partial charge < -0.3 is 5.32 Å². The fraction of sp³-hybridized carbons (Fsp3) is 0.571. The third kappa shape index (κ3) is 4.13. The van der Waals surface area contributed by atoms with E-state index in [1.54, 1.807) is 0 Å². The number of piperazine rings is 1. The highest BCUT2D eigenvalue weighted by atomic mass is 79.9. The minimum Gasteiger partial charge on any atom is -0.314 e. The lowest BCUT2D eigenvalue weighted by Crippen LogP contribution is -2.45. The van der Waals surface area contributed by atoms with Crippen LogP contribution in [0.4, 0.5) is 8.78 Å². The summed E-state index contributed by atoms with van der Waals surface area (Å²) >= 11 is 3.13. The molecule has 0 unspecified atom stereocenters. The highest BCUT2D eigenvalue weighted by Gasteiger charge is 2.27. The molecule has 1 atom stereocenters. The van der Waals surface area contributed by atoms with E-state index in [1.807, 2.05) is 6.92 Å². The van der Waals surface area contributed by atoms with Crippen molar-refractivity contribution in [3.63, 3.8) is 0 Å². The molecule has 0 aromatic heterocycles. The molecule has 1 aromatic carbocycles. The lowest BCUT2D eigenvalue weighted by molar-refractivity contribution is 0.158. The van der Waals surface area contributed by atoms with Crippen LogP contribution >= 0.6 is 28.3 Å². The number of benzene rings is 1. The molecule has 0 amide bonds. The van der Waals surface area contributed by atoms with Gasteiger partial charge in [-0.25, -0.2) is 8.78 Å². The first-order valence-electron chi connectivity index (χ1n) is 6.72. The van der Waals surface area contributed by atoms with Crippen molar-refractivity contribution in [2.45, 2.75) is 25.8 Å². The Hall–Kier alpha value is -0.230. The first-order valence-corrected chi connectivity index (χ1v) is 7.52. The molecule has 2 nitrogen and oxygen atoms in total. The van der Waals surface area contributed by atoms with E-state index >= 15 is 0 Å². The standard InChI is InChI=1S/C14H19BrF2N2.ClH/c1-2-3-13(19-6-4-18-5-7-19)14-11(16)8-10(15)9-12(14)17;/h8-9,13,18H,2-7H2,1H3;1H/t13-;/m0./s1. The van der Waals surface area contributed by atoms with Crippen molar-refractivity contribution in [1.82, 2.24) is 10.2 Å². The maximum atomic E-state index is 14.1. The van der Waals surface area contributed by atoms with Crippen molar-refractivity contribution in [1.29, 1.82) is 0 Å². The average Bonchev–Trinajstić information content (AvgIpc) is 2.37. The van der Waals surface area contributed by atoms with Gasteiger partial charge in [0.25, 0.3) is 0 Å². The Labute approximate surface area is 133 Å². The number of nitrogens with one attached hydrogen (secondary N) is 1. The smallest absolute Gasteiger partial charge is 0.132 e. The van der Waals surface area contributed by atoms with Crippen LogP contribution in [0.3, 0.4) is 0 Å². The van der Waals surface area contributed by atoms with Gasteiger partial charge in [0.2, 0.25) is 0 Å². The normalized spacial score (nSPS) is 17.6. The molecule has 0 saturated carbocycles. The fourth-order valence-electron chi connectivity index (χ4n) is 2.65. The molecule has 20 heavy (non-hydrogen) atoms. The molecule has 6 heteroatoms. The molecule has 2 rings (SSSR count). The molecule has 114 valence electrons. The van der Waals surface area contributed by atoms with Crippen molar-refractivity contribution >= 4 is 28.3 Å². The molecule has 0 bridgehead atoms. The van der Waals surface area contributed by atoms with Crippen LogP contribution in [0.15, 0.2) is 16.6 Å². The van der Waals surface area contributed by atoms with Gasteiger partial charge in [-0.05, 0) is 18.6 Å². The van der Waals surface area contributed by atoms with Gasteiger partial charge in [-0.3, -0.25) is 4.90 Å². The Morgan fingerprint density at radius 1 is 1.25 bits per heavy atom. The first kappa shape index (κ1) is 17.8. The van der Waals surface area contributed by atoms with Crippen molar-refractivity contribution in [2.75, 3.05) is 26.2 Å². The summed E-state index contributed by atoms with van der Waals surface area (Å²) in [7, 11) is 0. The molecule has 1 N–H and O–H groups in total. The predicted molar refractivity (Wildman–Crippen MR) is 83.4 cm³/mol. The summed E-state index contributed by atoms with van der Waals surface area (Å²) in [5.41, 5.74) is 0.215. The minimum absolute atomic E-state index is 0. The van der Waals surface area contributed by atoms with E-state index in [0.29, 0.717) is 4.47 Å². The van der Waals surface area contributed by atoms with Gasteiger partial charge in [-0.1, -0.05) is 29.3 Å². The zero-order chi connectivity index (χ0) is 13.8. The summed E-state index contributed by atoms with van der Waals surface area (Å²) in [5, 5.41) is 3.26. The topological polar surface area (TPSA) is 15.3 Å². The number of halogens is 4. The maximum Gasteiger partial charge on any atom is 0.132 e. The van der Waals surface area contributed by atoms with Crippen molar-refractivity contribution < 1.29 is 8.78 Å². The summed E-state index contributed by atoms with van der Waals surface area (Å²) in [5.74, 6) is -0.910. The largest absolute Gasteiger partial charge is 0.314 e. The Kier molecular flexibility index (Phi) is 7.37. The highest BCUT2D eigenvalue weighted by Crippen LogP contribution is 2.32. The monoisotopic (exact) mass is 368 g/mol. The summed E-state index contributed by atoms with van der Waals surface area (Å²) in [6, 6.07) is 2.53. The fourth-order valence-corrected chi connectivity index (χ4v) is 3.05. The molecular formula is C14H20BrClF2N2. The average molecular weight is 370 g/mol. The molecule has 1 fully saturated rings. The summed E-state index contributed by atoms with van der Waals surface area (Å²) in [4.78, 5) is 2.18. The van der Waals surface area contributed by atoms with E-state index in [4.69, 9.17) is 0 Å². The van der Waals surface area contributed by atoms with Crippen LogP contribution in [-0.4, -0.2) is 31.1 Å². The Bertz CT molecular complexity index is 416. The minimum atomic E-state index is -0.455. The Morgan fingerprint density at radius 2 is 1.80 bits per heavy atom. The quantitative estimate of drug-likeness (QED) is 0.866. The summed E-state index contributed by atoms with van der Waals surface area (Å²) in [6.45, 7) is 5.46. The third-order valence-electron chi connectivity index (χ3n) is 3.53. The summed E-state index contributed by atoms with van der Waals surface area (Å²) < 4.78 is 28.7. The van der Waals surface area contributed by atoms with Crippen molar-refractivity contribution in [3.05, 3.63) is 33.8 Å². The van der Waals surface area contributed by atoms with Gasteiger partial charge in [-0.15, -0.1) is 12.4 Å². The number of rotatable bonds is 4. The molecule has 1 heterocycles. The molecule has 0 aliphatic carbocycles. The second-order valence-electron chi connectivity index (χ2n) is 4.87. The SMILES string of the molecule is CCC[C@@H](c1c(F)cc(Br)cc1F)N1CCNCC1.Cl. The lowest BCUT2D eigenvalue weighted by Gasteiger charge is -2.35. The van der Waals surface area contributed by atoms with E-state index < -0.39 is 11.6 Å². The van der Waals surface area contributed by atoms with Gasteiger partial charge in [0.15, 0.2) is 0 Å². The van der Waals surface area contributed by atoms with Crippen LogP contribution in [0.25, 0.3) is 0 Å². The van der Waals surface area contributed by atoms with Crippen LogP contribution in [0.1, 0.15) is 31.4 Å². The van der Waals surface area contributed by atoms with Crippen LogP contribution in [0.5, 0.6) is 0 Å². The predicted octanol–water partition coefficient (Wildman–Crippen LogP) is 3.90. The lowest BCUT2D eigenvalue weighted by atomic mass is 9.98. The maximum absolute atomic E-state index is 14.1. The second kappa shape index (κ2) is 8.27. The molecule has 1 aromatic rings. The summed E-state index contributed by atoms with van der Waals surface area (Å²) in [6.07, 6.45) is 1.68. The van der Waals surface area contributed by atoms with Crippen LogP contribution in [0.2, 0.25) is 0 Å². The molecule has 1 saturated heterocycles. The van der Waals surface area contributed by atoms with Gasteiger partial charge in [0, 0.05) is 42.3 Å². The van der Waals surface area contributed by atoms with Crippen molar-refractivity contribution in [3.8, 4) is 0 Å². The van der Waals surface area contributed by atoms with Gasteiger partial charge in [-0.2, -0.15) is 0 Å². The van der Waals surface area contributed by atoms with E-state index in [1.165, 1.54) is 12.1 Å².